The molecule has 1 atom stereocenters. The zero-order chi connectivity index (χ0) is 22.9. The number of aromatic amines is 1. The van der Waals surface area contributed by atoms with E-state index in [0.29, 0.717) is 22.9 Å². The number of methoxy groups -OCH3 is 1. The lowest BCUT2D eigenvalue weighted by molar-refractivity contribution is 0.102. The van der Waals surface area contributed by atoms with Gasteiger partial charge in [0, 0.05) is 30.6 Å². The van der Waals surface area contributed by atoms with Gasteiger partial charge in [0.2, 0.25) is 5.88 Å². The minimum absolute atomic E-state index is 0.0972. The molecule has 1 saturated heterocycles. The van der Waals surface area contributed by atoms with Crippen LogP contribution in [0.1, 0.15) is 53.0 Å². The van der Waals surface area contributed by atoms with Crippen LogP contribution in [0.5, 0.6) is 5.88 Å². The van der Waals surface area contributed by atoms with E-state index in [1.54, 1.807) is 11.6 Å². The first-order valence-electron chi connectivity index (χ1n) is 11.0. The molecule has 1 fully saturated rings. The van der Waals surface area contributed by atoms with E-state index in [9.17, 15) is 4.79 Å². The number of carbonyl (C=O) groups is 1. The van der Waals surface area contributed by atoms with Crippen molar-refractivity contribution in [3.63, 3.8) is 0 Å². The zero-order valence-corrected chi connectivity index (χ0v) is 18.9. The highest BCUT2D eigenvalue weighted by Crippen LogP contribution is 2.39. The molecule has 170 valence electrons. The number of amides is 1. The van der Waals surface area contributed by atoms with Crippen LogP contribution in [0.25, 0.3) is 5.65 Å². The van der Waals surface area contributed by atoms with Crippen LogP contribution < -0.4 is 15.0 Å². The number of H-pyrrole nitrogens is 1. The average molecular weight is 447 g/mol. The Kier molecular flexibility index (Phi) is 5.41. The molecule has 0 saturated carbocycles. The van der Waals surface area contributed by atoms with Gasteiger partial charge in [-0.1, -0.05) is 6.92 Å². The number of hydrogen-bond donors (Lipinski definition) is 2. The Morgan fingerprint density at radius 3 is 3.00 bits per heavy atom. The number of nitrogens with one attached hydrogen (secondary N) is 2. The molecule has 0 aromatic carbocycles. The number of fused-ring (bicyclic) bond motifs is 1. The summed E-state index contributed by atoms with van der Waals surface area (Å²) in [5, 5.41) is 14.1. The van der Waals surface area contributed by atoms with Crippen molar-refractivity contribution < 1.29 is 9.53 Å². The van der Waals surface area contributed by atoms with Gasteiger partial charge < -0.3 is 15.0 Å². The minimum Gasteiger partial charge on any atom is -0.481 e. The summed E-state index contributed by atoms with van der Waals surface area (Å²) in [6.45, 7) is 4.89. The van der Waals surface area contributed by atoms with Gasteiger partial charge in [-0.25, -0.2) is 14.5 Å². The molecule has 0 unspecified atom stereocenters. The van der Waals surface area contributed by atoms with Crippen molar-refractivity contribution in [3.05, 3.63) is 59.2 Å². The highest BCUT2D eigenvalue weighted by atomic mass is 16.5. The lowest BCUT2D eigenvalue weighted by Crippen LogP contribution is -2.24. The third-order valence-electron chi connectivity index (χ3n) is 5.96. The molecule has 5 rings (SSSR count). The molecule has 4 aromatic rings. The van der Waals surface area contributed by atoms with Gasteiger partial charge in [-0.2, -0.15) is 10.2 Å². The van der Waals surface area contributed by atoms with Crippen molar-refractivity contribution in [3.8, 4) is 5.88 Å². The molecule has 10 nitrogen and oxygen atoms in total. The number of carbonyl (C=O) groups excluding carboxylic acids is 1. The highest BCUT2D eigenvalue weighted by molar-refractivity contribution is 6.07. The number of ether oxygens (including phenoxy) is 1. The third-order valence-corrected chi connectivity index (χ3v) is 5.96. The number of pyridine rings is 1. The van der Waals surface area contributed by atoms with Gasteiger partial charge in [0.05, 0.1) is 25.0 Å². The second-order valence-corrected chi connectivity index (χ2v) is 8.16. The Morgan fingerprint density at radius 2 is 2.21 bits per heavy atom. The first kappa shape index (κ1) is 20.9. The lowest BCUT2D eigenvalue weighted by Gasteiger charge is -2.27. The van der Waals surface area contributed by atoms with E-state index < -0.39 is 0 Å². The number of rotatable bonds is 6. The summed E-state index contributed by atoms with van der Waals surface area (Å²) in [6.07, 6.45) is 7.97. The molecule has 0 aliphatic carbocycles. The number of hydrogen-bond acceptors (Lipinski definition) is 7. The molecule has 0 radical (unpaired) electrons. The van der Waals surface area contributed by atoms with E-state index in [1.807, 2.05) is 38.4 Å². The fourth-order valence-electron chi connectivity index (χ4n) is 4.33. The molecule has 1 aliphatic heterocycles. The summed E-state index contributed by atoms with van der Waals surface area (Å²) < 4.78 is 7.15. The second kappa shape index (κ2) is 8.53. The van der Waals surface area contributed by atoms with Crippen molar-refractivity contribution in [2.45, 2.75) is 39.2 Å². The molecule has 10 heteroatoms. The molecule has 2 N–H and O–H groups in total. The summed E-state index contributed by atoms with van der Waals surface area (Å²) in [5.41, 5.74) is 3.91. The fourth-order valence-corrected chi connectivity index (χ4v) is 4.33. The zero-order valence-electron chi connectivity index (χ0n) is 18.9. The molecule has 1 aliphatic rings. The van der Waals surface area contributed by atoms with Crippen molar-refractivity contribution in [1.29, 1.82) is 0 Å². The van der Waals surface area contributed by atoms with Crippen molar-refractivity contribution in [2.24, 2.45) is 0 Å². The topological polar surface area (TPSA) is 113 Å². The predicted molar refractivity (Wildman–Crippen MR) is 124 cm³/mol. The Balaban J connectivity index is 1.47. The van der Waals surface area contributed by atoms with Crippen molar-refractivity contribution >= 4 is 23.2 Å². The van der Waals surface area contributed by atoms with Crippen LogP contribution in [0.4, 0.5) is 11.6 Å². The SMILES string of the molecule is CCc1cc(NC(=O)c2cnn3ccc(N4CCC[C@@H]4c4cc(C)cnc4OC)nc23)[nH]n1. The van der Waals surface area contributed by atoms with Gasteiger partial charge in [-0.3, -0.25) is 9.89 Å². The molecular formula is C23H26N8O2. The number of aryl methyl sites for hydroxylation is 2. The molecule has 33 heavy (non-hydrogen) atoms. The van der Waals surface area contributed by atoms with Crippen molar-refractivity contribution in [1.82, 2.24) is 29.8 Å². The molecule has 0 spiro atoms. The maximum Gasteiger partial charge on any atom is 0.262 e. The van der Waals surface area contributed by atoms with Gasteiger partial charge in [0.15, 0.2) is 5.65 Å². The Hall–Kier alpha value is -3.95. The Bertz CT molecular complexity index is 1310. The van der Waals surface area contributed by atoms with Crippen LogP contribution in [0.15, 0.2) is 36.8 Å². The smallest absolute Gasteiger partial charge is 0.262 e. The fraction of sp³-hybridized carbons (Fsp3) is 0.348. The molecule has 4 aromatic heterocycles. The normalized spacial score (nSPS) is 15.8. The van der Waals surface area contributed by atoms with Crippen LogP contribution in [0, 0.1) is 6.92 Å². The van der Waals surface area contributed by atoms with Gasteiger partial charge in [-0.05, 0) is 43.9 Å². The van der Waals surface area contributed by atoms with Gasteiger partial charge in [0.1, 0.15) is 17.2 Å². The van der Waals surface area contributed by atoms with Gasteiger partial charge >= 0.3 is 0 Å². The molecule has 5 heterocycles. The first-order chi connectivity index (χ1) is 16.1. The van der Waals surface area contributed by atoms with E-state index in [0.717, 1.165) is 48.4 Å². The van der Waals surface area contributed by atoms with E-state index >= 15 is 0 Å². The second-order valence-electron chi connectivity index (χ2n) is 8.16. The summed E-state index contributed by atoms with van der Waals surface area (Å²) in [6, 6.07) is 5.97. The average Bonchev–Trinajstić information content (AvgIpc) is 3.57. The van der Waals surface area contributed by atoms with Gasteiger partial charge in [-0.15, -0.1) is 0 Å². The van der Waals surface area contributed by atoms with E-state index in [-0.39, 0.29) is 11.9 Å². The monoisotopic (exact) mass is 446 g/mol. The van der Waals surface area contributed by atoms with Crippen LogP contribution in [0.2, 0.25) is 0 Å². The summed E-state index contributed by atoms with van der Waals surface area (Å²) >= 11 is 0. The number of anilines is 2. The minimum atomic E-state index is -0.288. The van der Waals surface area contributed by atoms with Crippen LogP contribution in [-0.2, 0) is 6.42 Å². The summed E-state index contributed by atoms with van der Waals surface area (Å²) in [5.74, 6) is 1.68. The maximum absolute atomic E-state index is 12.9. The first-order valence-corrected chi connectivity index (χ1v) is 11.0. The molecule has 0 bridgehead atoms. The number of nitrogens with zero attached hydrogens (tertiary/aromatic N) is 6. The van der Waals surface area contributed by atoms with E-state index in [1.165, 1.54) is 6.20 Å². The highest BCUT2D eigenvalue weighted by Gasteiger charge is 2.30. The summed E-state index contributed by atoms with van der Waals surface area (Å²) in [4.78, 5) is 24.5. The predicted octanol–water partition coefficient (Wildman–Crippen LogP) is 3.32. The van der Waals surface area contributed by atoms with Crippen LogP contribution in [-0.4, -0.2) is 49.3 Å². The van der Waals surface area contributed by atoms with E-state index in [4.69, 9.17) is 9.72 Å². The quantitative estimate of drug-likeness (QED) is 0.467. The third kappa shape index (κ3) is 3.88. The standard InChI is InChI=1S/C23H26N8O2/c1-4-15-11-19(29-28-15)26-22(32)17-13-25-31-9-7-20(27-21(17)31)30-8-5-6-18(30)16-10-14(2)12-24-23(16)33-3/h7,9-13,18H,4-6,8H2,1-3H3,(H2,26,28,29,32)/t18-/m1/s1. The van der Waals surface area contributed by atoms with Crippen LogP contribution in [0.3, 0.4) is 0 Å². The summed E-state index contributed by atoms with van der Waals surface area (Å²) in [7, 11) is 1.64. The van der Waals surface area contributed by atoms with Crippen molar-refractivity contribution in [2.75, 3.05) is 23.9 Å². The van der Waals surface area contributed by atoms with Gasteiger partial charge in [0.25, 0.3) is 5.91 Å². The molecule has 1 amide bonds. The van der Waals surface area contributed by atoms with Crippen LogP contribution >= 0.6 is 0 Å². The number of aromatic nitrogens is 6. The lowest BCUT2D eigenvalue weighted by atomic mass is 10.0. The van der Waals surface area contributed by atoms with E-state index in [2.05, 4.69) is 36.6 Å². The Labute approximate surface area is 191 Å². The largest absolute Gasteiger partial charge is 0.481 e. The maximum atomic E-state index is 12.9. The molecular weight excluding hydrogens is 420 g/mol. The Morgan fingerprint density at radius 1 is 1.33 bits per heavy atom.